The van der Waals surface area contributed by atoms with Gasteiger partial charge in [-0.15, -0.1) is 23.2 Å². The number of rotatable bonds is 8. The molecule has 0 bridgehead atoms. The molecule has 1 heterocycles. The highest BCUT2D eigenvalue weighted by molar-refractivity contribution is 6.44. The number of likely N-dealkylation sites (tertiary alicyclic amines) is 1. The van der Waals surface area contributed by atoms with Crippen molar-refractivity contribution < 1.29 is 23.9 Å². The van der Waals surface area contributed by atoms with E-state index in [0.29, 0.717) is 12.7 Å². The molecule has 3 amide bonds. The van der Waals surface area contributed by atoms with Crippen molar-refractivity contribution in [3.05, 3.63) is 35.9 Å². The SMILES string of the molecule is C[C@H](OC(=O)CNC(=O)NC(C(=O)N1C[C@H](C(Cl)Cl)CC1C=O)C(C)(C)C)c1ccccc1. The third kappa shape index (κ3) is 7.61. The third-order valence-electron chi connectivity index (χ3n) is 5.53. The highest BCUT2D eigenvalue weighted by atomic mass is 35.5. The fraction of sp³-hybridized carbons (Fsp3) is 0.565. The van der Waals surface area contributed by atoms with Crippen LogP contribution in [0.25, 0.3) is 0 Å². The molecule has 0 radical (unpaired) electrons. The average Bonchev–Trinajstić information content (AvgIpc) is 3.20. The number of aldehydes is 1. The molecule has 1 aromatic carbocycles. The summed E-state index contributed by atoms with van der Waals surface area (Å²) in [4.78, 5) is 50.1. The second-order valence-corrected chi connectivity index (χ2v) is 10.4. The Hall–Kier alpha value is -2.32. The number of urea groups is 1. The van der Waals surface area contributed by atoms with Crippen LogP contribution in [-0.4, -0.2) is 59.1 Å². The first-order valence-electron chi connectivity index (χ1n) is 10.8. The van der Waals surface area contributed by atoms with Crippen LogP contribution in [0, 0.1) is 11.3 Å². The Kier molecular flexibility index (Phi) is 9.55. The molecule has 1 fully saturated rings. The predicted octanol–water partition coefficient (Wildman–Crippen LogP) is 3.22. The molecule has 8 nitrogen and oxygen atoms in total. The van der Waals surface area contributed by atoms with Crippen molar-refractivity contribution >= 4 is 47.4 Å². The Morgan fingerprint density at radius 1 is 1.21 bits per heavy atom. The van der Waals surface area contributed by atoms with Crippen LogP contribution >= 0.6 is 23.2 Å². The molecule has 2 unspecified atom stereocenters. The Morgan fingerprint density at radius 2 is 1.85 bits per heavy atom. The largest absolute Gasteiger partial charge is 0.456 e. The second-order valence-electron chi connectivity index (χ2n) is 9.19. The minimum absolute atomic E-state index is 0.222. The number of nitrogens with one attached hydrogen (secondary N) is 2. The van der Waals surface area contributed by atoms with Crippen molar-refractivity contribution in [2.24, 2.45) is 11.3 Å². The highest BCUT2D eigenvalue weighted by Gasteiger charge is 2.43. The lowest BCUT2D eigenvalue weighted by Crippen LogP contribution is -2.58. The van der Waals surface area contributed by atoms with Crippen LogP contribution in [0.15, 0.2) is 30.3 Å². The summed E-state index contributed by atoms with van der Waals surface area (Å²) >= 11 is 11.9. The van der Waals surface area contributed by atoms with Gasteiger partial charge in [0.2, 0.25) is 5.91 Å². The number of nitrogens with zero attached hydrogens (tertiary/aromatic N) is 1. The fourth-order valence-electron chi connectivity index (χ4n) is 3.64. The zero-order valence-corrected chi connectivity index (χ0v) is 20.7. The minimum Gasteiger partial charge on any atom is -0.456 e. The summed E-state index contributed by atoms with van der Waals surface area (Å²) in [6.07, 6.45) is 0.586. The van der Waals surface area contributed by atoms with Crippen LogP contribution in [0.3, 0.4) is 0 Å². The van der Waals surface area contributed by atoms with E-state index in [2.05, 4.69) is 10.6 Å². The molecular weight excluding hydrogens is 469 g/mol. The molecule has 1 aliphatic heterocycles. The van der Waals surface area contributed by atoms with Crippen molar-refractivity contribution in [2.75, 3.05) is 13.1 Å². The lowest BCUT2D eigenvalue weighted by molar-refractivity contribution is -0.147. The number of alkyl halides is 2. The molecule has 1 saturated heterocycles. The van der Waals surface area contributed by atoms with Gasteiger partial charge < -0.3 is 25.1 Å². The number of carbonyl (C=O) groups is 4. The smallest absolute Gasteiger partial charge is 0.326 e. The topological polar surface area (TPSA) is 105 Å². The normalized spacial score (nSPS) is 20.2. The standard InChI is InChI=1S/C23H31Cl2N3O5/c1-14(15-8-6-5-7-9-15)33-18(30)11-26-22(32)27-19(23(2,3)4)21(31)28-12-16(20(24)25)10-17(28)13-29/h5-9,13-14,16-17,19-20H,10-12H2,1-4H3,(H2,26,27,32)/t14-,16+,17?,19?/m0/s1. The second kappa shape index (κ2) is 11.7. The molecule has 1 aliphatic rings. The van der Waals surface area contributed by atoms with E-state index in [4.69, 9.17) is 27.9 Å². The van der Waals surface area contributed by atoms with E-state index in [0.717, 1.165) is 5.56 Å². The number of halogens is 2. The monoisotopic (exact) mass is 499 g/mol. The van der Waals surface area contributed by atoms with Crippen LogP contribution in [0.5, 0.6) is 0 Å². The van der Waals surface area contributed by atoms with Crippen LogP contribution in [0.1, 0.15) is 45.8 Å². The van der Waals surface area contributed by atoms with Gasteiger partial charge in [0, 0.05) is 12.5 Å². The predicted molar refractivity (Wildman–Crippen MR) is 126 cm³/mol. The maximum absolute atomic E-state index is 13.3. The first kappa shape index (κ1) is 26.9. The summed E-state index contributed by atoms with van der Waals surface area (Å²) < 4.78 is 5.33. The molecule has 182 valence electrons. The van der Waals surface area contributed by atoms with Gasteiger partial charge in [-0.3, -0.25) is 9.59 Å². The Balaban J connectivity index is 1.96. The van der Waals surface area contributed by atoms with E-state index in [-0.39, 0.29) is 19.0 Å². The van der Waals surface area contributed by atoms with Crippen molar-refractivity contribution in [3.8, 4) is 0 Å². The first-order chi connectivity index (χ1) is 15.4. The number of hydrogen-bond donors (Lipinski definition) is 2. The molecule has 0 saturated carbocycles. The average molecular weight is 500 g/mol. The molecule has 10 heteroatoms. The number of esters is 1. The number of carbonyl (C=O) groups excluding carboxylic acids is 4. The Morgan fingerprint density at radius 3 is 2.39 bits per heavy atom. The Labute approximate surface area is 204 Å². The quantitative estimate of drug-likeness (QED) is 0.324. The first-order valence-corrected chi connectivity index (χ1v) is 11.6. The number of hydrogen-bond acceptors (Lipinski definition) is 5. The van der Waals surface area contributed by atoms with Crippen LogP contribution in [0.2, 0.25) is 0 Å². The zero-order chi connectivity index (χ0) is 24.8. The van der Waals surface area contributed by atoms with Gasteiger partial charge in [0.25, 0.3) is 0 Å². The highest BCUT2D eigenvalue weighted by Crippen LogP contribution is 2.32. The van der Waals surface area contributed by atoms with Crippen molar-refractivity contribution in [3.63, 3.8) is 0 Å². The maximum atomic E-state index is 13.3. The summed E-state index contributed by atoms with van der Waals surface area (Å²) in [5.74, 6) is -1.26. The Bertz CT molecular complexity index is 844. The van der Waals surface area contributed by atoms with Gasteiger partial charge in [-0.1, -0.05) is 51.1 Å². The molecule has 0 aliphatic carbocycles. The van der Waals surface area contributed by atoms with E-state index in [9.17, 15) is 19.2 Å². The van der Waals surface area contributed by atoms with Crippen LogP contribution in [-0.2, 0) is 19.1 Å². The molecule has 1 aromatic rings. The lowest BCUT2D eigenvalue weighted by atomic mass is 9.85. The van der Waals surface area contributed by atoms with Gasteiger partial charge in [-0.2, -0.15) is 0 Å². The van der Waals surface area contributed by atoms with Gasteiger partial charge in [0.1, 0.15) is 29.8 Å². The third-order valence-corrected chi connectivity index (χ3v) is 6.24. The molecule has 33 heavy (non-hydrogen) atoms. The summed E-state index contributed by atoms with van der Waals surface area (Å²) in [6.45, 7) is 6.97. The number of ether oxygens (including phenoxy) is 1. The molecule has 2 N–H and O–H groups in total. The van der Waals surface area contributed by atoms with Gasteiger partial charge >= 0.3 is 12.0 Å². The summed E-state index contributed by atoms with van der Waals surface area (Å²) in [5.41, 5.74) is 0.169. The summed E-state index contributed by atoms with van der Waals surface area (Å²) in [6, 6.07) is 6.92. The number of amides is 3. The van der Waals surface area contributed by atoms with E-state index >= 15 is 0 Å². The van der Waals surface area contributed by atoms with Crippen molar-refractivity contribution in [1.82, 2.24) is 15.5 Å². The minimum atomic E-state index is -0.943. The van der Waals surface area contributed by atoms with E-state index in [1.807, 2.05) is 30.3 Å². The van der Waals surface area contributed by atoms with Gasteiger partial charge in [0.05, 0.1) is 6.04 Å². The molecule has 4 atom stereocenters. The van der Waals surface area contributed by atoms with E-state index in [1.165, 1.54) is 4.90 Å². The van der Waals surface area contributed by atoms with Gasteiger partial charge in [-0.25, -0.2) is 4.79 Å². The van der Waals surface area contributed by atoms with E-state index < -0.39 is 46.3 Å². The summed E-state index contributed by atoms with van der Waals surface area (Å²) in [5, 5.41) is 5.06. The molecule has 0 spiro atoms. The van der Waals surface area contributed by atoms with Crippen LogP contribution in [0.4, 0.5) is 4.79 Å². The number of benzene rings is 1. The zero-order valence-electron chi connectivity index (χ0n) is 19.2. The fourth-order valence-corrected chi connectivity index (χ4v) is 4.01. The summed E-state index contributed by atoms with van der Waals surface area (Å²) in [7, 11) is 0. The van der Waals surface area contributed by atoms with Crippen LogP contribution < -0.4 is 10.6 Å². The van der Waals surface area contributed by atoms with Crippen molar-refractivity contribution in [2.45, 2.75) is 57.1 Å². The molecular formula is C23H31Cl2N3O5. The molecule has 2 rings (SSSR count). The van der Waals surface area contributed by atoms with Crippen molar-refractivity contribution in [1.29, 1.82) is 0 Å². The van der Waals surface area contributed by atoms with Gasteiger partial charge in [0.15, 0.2) is 0 Å². The molecule has 0 aromatic heterocycles. The lowest BCUT2D eigenvalue weighted by Gasteiger charge is -2.34. The van der Waals surface area contributed by atoms with E-state index in [1.54, 1.807) is 27.7 Å². The van der Waals surface area contributed by atoms with Gasteiger partial charge in [-0.05, 0) is 24.3 Å². The maximum Gasteiger partial charge on any atom is 0.326 e.